The summed E-state index contributed by atoms with van der Waals surface area (Å²) in [6, 6.07) is 16.1. The molecule has 3 aromatic carbocycles. The summed E-state index contributed by atoms with van der Waals surface area (Å²) in [7, 11) is 0. The van der Waals surface area contributed by atoms with Gasteiger partial charge in [0.15, 0.2) is 11.9 Å². The third-order valence-corrected chi connectivity index (χ3v) is 11.1. The lowest BCUT2D eigenvalue weighted by Crippen LogP contribution is -2.59. The summed E-state index contributed by atoms with van der Waals surface area (Å²) in [4.78, 5) is 86.9. The highest BCUT2D eigenvalue weighted by atomic mass is 16.4. The van der Waals surface area contributed by atoms with E-state index in [-0.39, 0.29) is 63.5 Å². The lowest BCUT2D eigenvalue weighted by molar-refractivity contribution is -0.142. The molecule has 6 rings (SSSR count). The maximum Gasteiger partial charge on any atom is 0.326 e. The zero-order valence-electron chi connectivity index (χ0n) is 35.7. The van der Waals surface area contributed by atoms with E-state index in [4.69, 9.17) is 28.7 Å². The topological polar surface area (TPSA) is 356 Å². The summed E-state index contributed by atoms with van der Waals surface area (Å²) in [5.74, 6) is -4.36. The standard InChI is InChI=1S/C45H56N14O6/c46-31(12-7-17-51-44(47)48)39(60)57-36(19-25-22-53-32-13-4-1-9-28(25)32)41(62)56-35(16-8-18-52-45(49)50)40(61)58-37(20-26-23-54-33-14-5-2-10-29(26)33)42(63)59-38(43(64)65)21-27-24-55-34-15-6-3-11-30(27)34/h1-6,9-11,13-15,22-24,31,35-38,53-55H,7-8,12,16-21,46H2,(H,56,62)(H,57,60)(H,58,61)(H,59,63)(H,64,65)(H4,47,48,51)(H4,49,50,52)/t31-,35-,36-,37-,38-/m0/s1. The number of aliphatic imine (C=N–C) groups is 2. The van der Waals surface area contributed by atoms with Gasteiger partial charge in [-0.05, 0) is 60.6 Å². The summed E-state index contributed by atoms with van der Waals surface area (Å²) in [6.45, 7) is 0.360. The van der Waals surface area contributed by atoms with Crippen molar-refractivity contribution in [3.05, 3.63) is 108 Å². The third kappa shape index (κ3) is 12.6. The number of carbonyl (C=O) groups excluding carboxylic acids is 4. The molecule has 18 N–H and O–H groups in total. The van der Waals surface area contributed by atoms with Crippen LogP contribution in [-0.2, 0) is 43.2 Å². The average Bonchev–Trinajstić information content (AvgIpc) is 4.02. The number of hydrogen-bond donors (Lipinski definition) is 13. The number of carbonyl (C=O) groups is 5. The molecule has 0 unspecified atom stereocenters. The first-order valence-electron chi connectivity index (χ1n) is 21.2. The number of carboxylic acid groups (broad SMARTS) is 1. The second-order valence-corrected chi connectivity index (χ2v) is 15.8. The first-order chi connectivity index (χ1) is 31.3. The minimum atomic E-state index is -1.37. The van der Waals surface area contributed by atoms with Gasteiger partial charge in [0, 0.05) is 83.7 Å². The lowest BCUT2D eigenvalue weighted by atomic mass is 10.0. The fraction of sp³-hybridized carbons (Fsp3) is 0.311. The van der Waals surface area contributed by atoms with E-state index in [9.17, 15) is 29.1 Å². The molecular formula is C45H56N14O6. The molecular weight excluding hydrogens is 833 g/mol. The van der Waals surface area contributed by atoms with Gasteiger partial charge in [0.2, 0.25) is 23.6 Å². The van der Waals surface area contributed by atoms with Crippen molar-refractivity contribution in [2.24, 2.45) is 38.7 Å². The number of carboxylic acids is 1. The number of benzene rings is 3. The van der Waals surface area contributed by atoms with E-state index in [1.165, 1.54) is 0 Å². The summed E-state index contributed by atoms with van der Waals surface area (Å²) in [6.07, 6.45) is 5.92. The molecule has 20 heteroatoms. The van der Waals surface area contributed by atoms with Gasteiger partial charge in [0.25, 0.3) is 0 Å². The molecule has 4 amide bonds. The SMILES string of the molecule is NC(N)=NCCC[C@H](NC(=O)[C@H](Cc1c[nH]c2ccccc12)NC(=O)[C@@H](N)CCCN=C(N)N)C(=O)N[C@@H](Cc1c[nH]c2ccccc12)C(=O)N[C@@H](Cc1c[nH]c2ccccc12)C(=O)O. The number of fused-ring (bicyclic) bond motifs is 3. The fourth-order valence-electron chi connectivity index (χ4n) is 7.70. The molecule has 0 aliphatic rings. The van der Waals surface area contributed by atoms with Gasteiger partial charge < -0.3 is 70.0 Å². The van der Waals surface area contributed by atoms with Crippen LogP contribution in [0.3, 0.4) is 0 Å². The maximum atomic E-state index is 14.5. The molecule has 0 saturated heterocycles. The van der Waals surface area contributed by atoms with Crippen molar-refractivity contribution in [3.8, 4) is 0 Å². The molecule has 0 radical (unpaired) electrons. The highest BCUT2D eigenvalue weighted by Gasteiger charge is 2.33. The van der Waals surface area contributed by atoms with E-state index in [1.54, 1.807) is 18.6 Å². The van der Waals surface area contributed by atoms with Crippen LogP contribution in [0.15, 0.2) is 101 Å². The summed E-state index contributed by atoms with van der Waals surface area (Å²) >= 11 is 0. The molecule has 0 aliphatic carbocycles. The first-order valence-corrected chi connectivity index (χ1v) is 21.2. The van der Waals surface area contributed by atoms with Crippen molar-refractivity contribution in [2.75, 3.05) is 13.1 Å². The normalized spacial score (nSPS) is 13.6. The van der Waals surface area contributed by atoms with E-state index >= 15 is 0 Å². The van der Waals surface area contributed by atoms with Crippen LogP contribution in [0.5, 0.6) is 0 Å². The Kier molecular flexibility index (Phi) is 15.8. The molecule has 6 aromatic rings. The molecule has 0 spiro atoms. The Morgan fingerprint density at radius 3 is 1.29 bits per heavy atom. The van der Waals surface area contributed by atoms with Crippen molar-refractivity contribution in [1.29, 1.82) is 0 Å². The van der Waals surface area contributed by atoms with Gasteiger partial charge in [-0.1, -0.05) is 54.6 Å². The number of aromatic nitrogens is 3. The van der Waals surface area contributed by atoms with Crippen molar-refractivity contribution in [3.63, 3.8) is 0 Å². The van der Waals surface area contributed by atoms with Crippen LogP contribution in [-0.4, -0.2) is 105 Å². The number of amides is 4. The minimum Gasteiger partial charge on any atom is -0.480 e. The van der Waals surface area contributed by atoms with Crippen molar-refractivity contribution >= 4 is 74.2 Å². The van der Waals surface area contributed by atoms with Crippen LogP contribution < -0.4 is 49.9 Å². The summed E-state index contributed by atoms with van der Waals surface area (Å²) < 4.78 is 0. The number of nitrogens with one attached hydrogen (secondary N) is 7. The number of hydrogen-bond acceptors (Lipinski definition) is 8. The molecule has 5 atom stereocenters. The van der Waals surface area contributed by atoms with Gasteiger partial charge >= 0.3 is 5.97 Å². The predicted molar refractivity (Wildman–Crippen MR) is 249 cm³/mol. The van der Waals surface area contributed by atoms with Crippen molar-refractivity contribution in [2.45, 2.75) is 75.2 Å². The Hall–Kier alpha value is -7.87. The summed E-state index contributed by atoms with van der Waals surface area (Å²) in [5.41, 5.74) is 32.7. The van der Waals surface area contributed by atoms with Gasteiger partial charge in [0.1, 0.15) is 24.2 Å². The lowest BCUT2D eigenvalue weighted by Gasteiger charge is -2.26. The number of aliphatic carboxylic acids is 1. The van der Waals surface area contributed by atoms with E-state index in [1.807, 2.05) is 72.8 Å². The summed E-state index contributed by atoms with van der Waals surface area (Å²) in [5, 5.41) is 23.8. The quantitative estimate of drug-likeness (QED) is 0.0240. The molecule has 3 aromatic heterocycles. The minimum absolute atomic E-state index is 0.00610. The zero-order chi connectivity index (χ0) is 46.5. The second-order valence-electron chi connectivity index (χ2n) is 15.8. The smallest absolute Gasteiger partial charge is 0.326 e. The first kappa shape index (κ1) is 46.6. The highest BCUT2D eigenvalue weighted by molar-refractivity contribution is 5.97. The molecule has 0 fully saturated rings. The second kappa shape index (κ2) is 22.0. The molecule has 342 valence electrons. The average molecular weight is 889 g/mol. The Labute approximate surface area is 373 Å². The number of nitrogens with zero attached hydrogens (tertiary/aromatic N) is 2. The number of para-hydroxylation sites is 3. The number of guanidine groups is 2. The molecule has 0 aliphatic heterocycles. The van der Waals surface area contributed by atoms with Crippen LogP contribution >= 0.6 is 0 Å². The van der Waals surface area contributed by atoms with Crippen LogP contribution in [0.25, 0.3) is 32.7 Å². The number of rotatable bonds is 23. The van der Waals surface area contributed by atoms with Crippen molar-refractivity contribution in [1.82, 2.24) is 36.2 Å². The van der Waals surface area contributed by atoms with Gasteiger partial charge in [-0.3, -0.25) is 29.2 Å². The molecule has 0 bridgehead atoms. The van der Waals surface area contributed by atoms with Gasteiger partial charge in [-0.15, -0.1) is 0 Å². The van der Waals surface area contributed by atoms with Crippen LogP contribution in [0, 0.1) is 0 Å². The zero-order valence-corrected chi connectivity index (χ0v) is 35.7. The fourth-order valence-corrected chi connectivity index (χ4v) is 7.70. The molecule has 20 nitrogen and oxygen atoms in total. The van der Waals surface area contributed by atoms with Gasteiger partial charge in [0.05, 0.1) is 6.04 Å². The monoisotopic (exact) mass is 888 g/mol. The Morgan fingerprint density at radius 1 is 0.508 bits per heavy atom. The molecule has 65 heavy (non-hydrogen) atoms. The van der Waals surface area contributed by atoms with Crippen LogP contribution in [0.1, 0.15) is 42.4 Å². The third-order valence-electron chi connectivity index (χ3n) is 11.1. The Balaban J connectivity index is 1.26. The number of nitrogens with two attached hydrogens (primary N) is 5. The van der Waals surface area contributed by atoms with Crippen LogP contribution in [0.2, 0.25) is 0 Å². The van der Waals surface area contributed by atoms with Gasteiger partial charge in [-0.25, -0.2) is 4.79 Å². The largest absolute Gasteiger partial charge is 0.480 e. The maximum absolute atomic E-state index is 14.5. The Morgan fingerprint density at radius 2 is 0.862 bits per heavy atom. The predicted octanol–water partition coefficient (Wildman–Crippen LogP) is 0.617. The van der Waals surface area contributed by atoms with Crippen LogP contribution in [0.4, 0.5) is 0 Å². The van der Waals surface area contributed by atoms with Crippen molar-refractivity contribution < 1.29 is 29.1 Å². The number of aromatic amines is 3. The van der Waals surface area contributed by atoms with E-state index in [0.29, 0.717) is 23.1 Å². The van der Waals surface area contributed by atoms with E-state index in [0.717, 1.165) is 32.7 Å². The van der Waals surface area contributed by atoms with E-state index < -0.39 is 59.8 Å². The van der Waals surface area contributed by atoms with E-state index in [2.05, 4.69) is 46.2 Å². The number of H-pyrrole nitrogens is 3. The van der Waals surface area contributed by atoms with Gasteiger partial charge in [-0.2, -0.15) is 0 Å². The highest BCUT2D eigenvalue weighted by Crippen LogP contribution is 2.22. The molecule has 0 saturated carbocycles. The molecule has 3 heterocycles. The Bertz CT molecular complexity index is 2680.